The zero-order valence-corrected chi connectivity index (χ0v) is 10.7. The topological polar surface area (TPSA) is 29.3 Å². The number of rotatable bonds is 4. The molecule has 0 aliphatic carbocycles. The molecule has 1 atom stereocenters. The number of hydrogen-bond acceptors (Lipinski definition) is 2. The summed E-state index contributed by atoms with van der Waals surface area (Å²) in [6.07, 6.45) is 0.865. The zero-order valence-electron chi connectivity index (χ0n) is 10.7. The van der Waals surface area contributed by atoms with E-state index in [1.54, 1.807) is 5.01 Å². The monoisotopic (exact) mass is 218 g/mol. The van der Waals surface area contributed by atoms with Crippen LogP contribution in [0.4, 0.5) is 0 Å². The minimum absolute atomic E-state index is 0.183. The molecular formula is C14H22N2. The molecule has 88 valence electrons. The van der Waals surface area contributed by atoms with E-state index in [0.29, 0.717) is 0 Å². The largest absolute Gasteiger partial charge is 0.268 e. The van der Waals surface area contributed by atoms with Gasteiger partial charge in [0.05, 0.1) is 5.54 Å². The van der Waals surface area contributed by atoms with Gasteiger partial charge in [-0.3, -0.25) is 5.84 Å². The number of nitrogens with two attached hydrogens (primary N) is 1. The third kappa shape index (κ3) is 2.71. The van der Waals surface area contributed by atoms with Crippen molar-refractivity contribution in [3.05, 3.63) is 47.5 Å². The number of nitrogens with zero attached hydrogens (tertiary/aromatic N) is 1. The first-order valence-corrected chi connectivity index (χ1v) is 5.56. The number of hydrazine groups is 1. The molecule has 0 saturated carbocycles. The second-order valence-corrected chi connectivity index (χ2v) is 4.89. The number of hydrogen-bond donors (Lipinski definition) is 1. The average Bonchev–Trinajstić information content (AvgIpc) is 2.16. The van der Waals surface area contributed by atoms with Crippen molar-refractivity contribution >= 4 is 0 Å². The van der Waals surface area contributed by atoms with Crippen LogP contribution in [0.2, 0.25) is 0 Å². The molecule has 1 aromatic rings. The van der Waals surface area contributed by atoms with Crippen LogP contribution in [0.3, 0.4) is 0 Å². The molecule has 0 spiro atoms. The van der Waals surface area contributed by atoms with Crippen LogP contribution < -0.4 is 5.84 Å². The summed E-state index contributed by atoms with van der Waals surface area (Å²) in [6.45, 7) is 10.3. The Bertz CT molecular complexity index is 382. The molecule has 2 nitrogen and oxygen atoms in total. The van der Waals surface area contributed by atoms with Gasteiger partial charge in [0.1, 0.15) is 0 Å². The molecule has 2 heteroatoms. The van der Waals surface area contributed by atoms with Crippen LogP contribution in [-0.2, 0) is 5.54 Å². The second kappa shape index (κ2) is 4.81. The van der Waals surface area contributed by atoms with Crippen LogP contribution in [0, 0.1) is 6.92 Å². The molecule has 1 aromatic carbocycles. The third-order valence-electron chi connectivity index (χ3n) is 3.06. The lowest BCUT2D eigenvalue weighted by Crippen LogP contribution is -2.46. The minimum Gasteiger partial charge on any atom is -0.268 e. The van der Waals surface area contributed by atoms with Gasteiger partial charge in [0.2, 0.25) is 0 Å². The molecule has 0 bridgehead atoms. The fourth-order valence-electron chi connectivity index (χ4n) is 2.00. The molecule has 0 radical (unpaired) electrons. The molecule has 0 fully saturated rings. The van der Waals surface area contributed by atoms with Crippen LogP contribution in [-0.4, -0.2) is 12.1 Å². The summed E-state index contributed by atoms with van der Waals surface area (Å²) in [5.41, 5.74) is 3.45. The summed E-state index contributed by atoms with van der Waals surface area (Å²) in [4.78, 5) is 0. The highest BCUT2D eigenvalue weighted by Crippen LogP contribution is 2.31. The predicted molar refractivity (Wildman–Crippen MR) is 69.9 cm³/mol. The highest BCUT2D eigenvalue weighted by Gasteiger charge is 2.29. The van der Waals surface area contributed by atoms with Crippen molar-refractivity contribution in [3.63, 3.8) is 0 Å². The van der Waals surface area contributed by atoms with E-state index in [1.165, 1.54) is 11.1 Å². The summed E-state index contributed by atoms with van der Waals surface area (Å²) in [7, 11) is 1.91. The van der Waals surface area contributed by atoms with Crippen molar-refractivity contribution < 1.29 is 0 Å². The fourth-order valence-corrected chi connectivity index (χ4v) is 2.00. The highest BCUT2D eigenvalue weighted by atomic mass is 15.4. The van der Waals surface area contributed by atoms with E-state index in [1.807, 2.05) is 14.0 Å². The Morgan fingerprint density at radius 1 is 1.50 bits per heavy atom. The molecule has 0 aromatic heterocycles. The van der Waals surface area contributed by atoms with Gasteiger partial charge in [-0.15, -0.1) is 6.58 Å². The Morgan fingerprint density at radius 3 is 2.56 bits per heavy atom. The van der Waals surface area contributed by atoms with Gasteiger partial charge >= 0.3 is 0 Å². The molecule has 1 rings (SSSR count). The number of benzene rings is 1. The van der Waals surface area contributed by atoms with Crippen LogP contribution in [0.1, 0.15) is 31.4 Å². The van der Waals surface area contributed by atoms with Gasteiger partial charge in [0, 0.05) is 7.05 Å². The predicted octanol–water partition coefficient (Wildman–Crippen LogP) is 2.98. The Labute approximate surface area is 98.7 Å². The maximum Gasteiger partial charge on any atom is 0.0605 e. The molecule has 16 heavy (non-hydrogen) atoms. The molecule has 0 amide bonds. The van der Waals surface area contributed by atoms with Crippen molar-refractivity contribution in [1.82, 2.24) is 5.01 Å². The van der Waals surface area contributed by atoms with Gasteiger partial charge in [-0.05, 0) is 32.8 Å². The maximum atomic E-state index is 5.99. The van der Waals surface area contributed by atoms with E-state index in [4.69, 9.17) is 5.84 Å². The summed E-state index contributed by atoms with van der Waals surface area (Å²) >= 11 is 0. The van der Waals surface area contributed by atoms with Gasteiger partial charge < -0.3 is 0 Å². The van der Waals surface area contributed by atoms with E-state index in [2.05, 4.69) is 44.7 Å². The lowest BCUT2D eigenvalue weighted by Gasteiger charge is -2.37. The molecule has 0 heterocycles. The quantitative estimate of drug-likeness (QED) is 0.478. The Balaban J connectivity index is 3.16. The fraction of sp³-hybridized carbons (Fsp3) is 0.429. The van der Waals surface area contributed by atoms with Gasteiger partial charge in [-0.2, -0.15) is 0 Å². The lowest BCUT2D eigenvalue weighted by molar-refractivity contribution is 0.138. The lowest BCUT2D eigenvalue weighted by atomic mass is 9.85. The normalized spacial score (nSPS) is 14.9. The van der Waals surface area contributed by atoms with E-state index in [-0.39, 0.29) is 5.54 Å². The van der Waals surface area contributed by atoms with E-state index in [9.17, 15) is 0 Å². The van der Waals surface area contributed by atoms with Crippen LogP contribution in [0.5, 0.6) is 0 Å². The van der Waals surface area contributed by atoms with Gasteiger partial charge in [-0.25, -0.2) is 5.01 Å². The van der Waals surface area contributed by atoms with Crippen molar-refractivity contribution in [2.45, 2.75) is 32.7 Å². The summed E-state index contributed by atoms with van der Waals surface area (Å²) in [6, 6.07) is 8.48. The van der Waals surface area contributed by atoms with Crippen molar-refractivity contribution in [3.8, 4) is 0 Å². The average molecular weight is 218 g/mol. The first-order valence-electron chi connectivity index (χ1n) is 5.56. The first kappa shape index (κ1) is 12.9. The standard InChI is InChI=1S/C14H22N2/c1-11(2)10-14(4,16(5)15)13-8-6-7-12(3)9-13/h6-9H,1,10,15H2,2-5H3. The molecule has 0 saturated heterocycles. The van der Waals surface area contributed by atoms with Crippen LogP contribution in [0.25, 0.3) is 0 Å². The van der Waals surface area contributed by atoms with Crippen molar-refractivity contribution in [1.29, 1.82) is 0 Å². The highest BCUT2D eigenvalue weighted by molar-refractivity contribution is 5.29. The maximum absolute atomic E-state index is 5.99. The summed E-state index contributed by atoms with van der Waals surface area (Å²) in [5, 5.41) is 1.77. The van der Waals surface area contributed by atoms with E-state index in [0.717, 1.165) is 12.0 Å². The third-order valence-corrected chi connectivity index (χ3v) is 3.06. The SMILES string of the molecule is C=C(C)CC(C)(c1cccc(C)c1)N(C)N. The van der Waals surface area contributed by atoms with E-state index >= 15 is 0 Å². The van der Waals surface area contributed by atoms with Crippen molar-refractivity contribution in [2.75, 3.05) is 7.05 Å². The molecule has 0 aliphatic heterocycles. The zero-order chi connectivity index (χ0) is 12.3. The first-order chi connectivity index (χ1) is 7.36. The van der Waals surface area contributed by atoms with Gasteiger partial charge in [0.15, 0.2) is 0 Å². The van der Waals surface area contributed by atoms with Gasteiger partial charge in [0.25, 0.3) is 0 Å². The molecular weight excluding hydrogens is 196 g/mol. The molecule has 2 N–H and O–H groups in total. The minimum atomic E-state index is -0.183. The van der Waals surface area contributed by atoms with E-state index < -0.39 is 0 Å². The Kier molecular flexibility index (Phi) is 3.89. The summed E-state index contributed by atoms with van der Waals surface area (Å²) in [5.74, 6) is 5.99. The second-order valence-electron chi connectivity index (χ2n) is 4.89. The van der Waals surface area contributed by atoms with Gasteiger partial charge in [-0.1, -0.05) is 35.4 Å². The van der Waals surface area contributed by atoms with Crippen molar-refractivity contribution in [2.24, 2.45) is 5.84 Å². The smallest absolute Gasteiger partial charge is 0.0605 e. The Hall–Kier alpha value is -1.12. The molecule has 0 aliphatic rings. The Morgan fingerprint density at radius 2 is 2.12 bits per heavy atom. The summed E-state index contributed by atoms with van der Waals surface area (Å²) < 4.78 is 0. The van der Waals surface area contributed by atoms with Crippen LogP contribution >= 0.6 is 0 Å². The molecule has 1 unspecified atom stereocenters. The number of aryl methyl sites for hydroxylation is 1. The van der Waals surface area contributed by atoms with Crippen LogP contribution in [0.15, 0.2) is 36.4 Å².